The molecule has 1 amide bonds. The second-order valence-corrected chi connectivity index (χ2v) is 11.5. The van der Waals surface area contributed by atoms with Gasteiger partial charge in [-0.25, -0.2) is 8.42 Å². The van der Waals surface area contributed by atoms with Gasteiger partial charge in [0.2, 0.25) is 15.9 Å². The minimum absolute atomic E-state index is 0.0151. The molecule has 0 aromatic heterocycles. The van der Waals surface area contributed by atoms with Crippen LogP contribution in [0.3, 0.4) is 0 Å². The lowest BCUT2D eigenvalue weighted by atomic mass is 9.97. The first-order valence-corrected chi connectivity index (χ1v) is 13.3. The molecule has 1 saturated heterocycles. The zero-order chi connectivity index (χ0) is 23.0. The number of nitrogens with zero attached hydrogens (tertiary/aromatic N) is 2. The highest BCUT2D eigenvalue weighted by atomic mass is 79.9. The molecule has 8 heteroatoms. The maximum absolute atomic E-state index is 13.5. The molecule has 0 aliphatic carbocycles. The molecule has 1 fully saturated rings. The highest BCUT2D eigenvalue weighted by Gasteiger charge is 2.39. The number of rotatable bonds is 5. The predicted molar refractivity (Wildman–Crippen MR) is 129 cm³/mol. The van der Waals surface area contributed by atoms with Gasteiger partial charge < -0.3 is 9.64 Å². The van der Waals surface area contributed by atoms with Gasteiger partial charge in [0.1, 0.15) is 5.75 Å². The van der Waals surface area contributed by atoms with Crippen molar-refractivity contribution in [2.45, 2.75) is 51.0 Å². The SMILES string of the molecule is CCOc1ccc(S(=O)(=O)N2CCC[C@H](C(=O)N3c4ccc(Br)cc4C[C@@H]3C)C2)cc1C. The first-order valence-electron chi connectivity index (χ1n) is 11.1. The summed E-state index contributed by atoms with van der Waals surface area (Å²) in [7, 11) is -3.69. The number of carbonyl (C=O) groups excluding carboxylic acids is 1. The van der Waals surface area contributed by atoms with Crippen LogP contribution in [0.1, 0.15) is 37.8 Å². The van der Waals surface area contributed by atoms with Gasteiger partial charge in [-0.2, -0.15) is 4.31 Å². The van der Waals surface area contributed by atoms with Crippen molar-refractivity contribution in [2.75, 3.05) is 24.6 Å². The summed E-state index contributed by atoms with van der Waals surface area (Å²) in [5.74, 6) is 0.354. The molecule has 2 aromatic rings. The van der Waals surface area contributed by atoms with E-state index < -0.39 is 10.0 Å². The van der Waals surface area contributed by atoms with Gasteiger partial charge in [0.05, 0.1) is 17.4 Å². The van der Waals surface area contributed by atoms with E-state index in [1.165, 1.54) is 4.31 Å². The minimum Gasteiger partial charge on any atom is -0.494 e. The molecule has 0 spiro atoms. The van der Waals surface area contributed by atoms with E-state index in [4.69, 9.17) is 4.74 Å². The van der Waals surface area contributed by atoms with Gasteiger partial charge in [0.25, 0.3) is 0 Å². The molecule has 6 nitrogen and oxygen atoms in total. The number of carbonyl (C=O) groups is 1. The number of amides is 1. The van der Waals surface area contributed by atoms with Crippen molar-refractivity contribution in [1.29, 1.82) is 0 Å². The number of anilines is 1. The van der Waals surface area contributed by atoms with Gasteiger partial charge in [0, 0.05) is 29.3 Å². The molecule has 0 bridgehead atoms. The van der Waals surface area contributed by atoms with Crippen molar-refractivity contribution in [3.05, 3.63) is 52.0 Å². The molecule has 0 radical (unpaired) electrons. The highest BCUT2D eigenvalue weighted by molar-refractivity contribution is 9.10. The lowest BCUT2D eigenvalue weighted by Crippen LogP contribution is -2.48. The van der Waals surface area contributed by atoms with Gasteiger partial charge in [-0.3, -0.25) is 4.79 Å². The average molecular weight is 521 g/mol. The van der Waals surface area contributed by atoms with Crippen molar-refractivity contribution >= 4 is 37.5 Å². The number of halogens is 1. The van der Waals surface area contributed by atoms with E-state index in [9.17, 15) is 13.2 Å². The Bertz CT molecular complexity index is 1130. The van der Waals surface area contributed by atoms with E-state index in [0.29, 0.717) is 31.7 Å². The standard InChI is InChI=1S/C24H29BrN2O4S/c1-4-31-23-10-8-21(12-16(23)2)32(29,30)26-11-5-6-18(15-26)24(28)27-17(3)13-19-14-20(25)7-9-22(19)27/h7-10,12,14,17-18H,4-6,11,13,15H2,1-3H3/t17-,18-/m0/s1. The van der Waals surface area contributed by atoms with Crippen LogP contribution in [0, 0.1) is 12.8 Å². The summed E-state index contributed by atoms with van der Waals surface area (Å²) in [6, 6.07) is 11.0. The molecule has 2 atom stereocenters. The summed E-state index contributed by atoms with van der Waals surface area (Å²) < 4.78 is 34.7. The van der Waals surface area contributed by atoms with Crippen LogP contribution >= 0.6 is 15.9 Å². The Balaban J connectivity index is 1.55. The third-order valence-electron chi connectivity index (χ3n) is 6.31. The fourth-order valence-corrected chi connectivity index (χ4v) is 6.76. The number of ether oxygens (including phenoxy) is 1. The molecular weight excluding hydrogens is 492 g/mol. The van der Waals surface area contributed by atoms with Gasteiger partial charge in [-0.15, -0.1) is 0 Å². The summed E-state index contributed by atoms with van der Waals surface area (Å²) in [6.07, 6.45) is 2.17. The molecule has 2 aliphatic rings. The first kappa shape index (κ1) is 23.3. The van der Waals surface area contributed by atoms with Crippen LogP contribution in [0.25, 0.3) is 0 Å². The average Bonchev–Trinajstić information content (AvgIpc) is 3.09. The summed E-state index contributed by atoms with van der Waals surface area (Å²) in [5.41, 5.74) is 2.87. The third kappa shape index (κ3) is 4.32. The van der Waals surface area contributed by atoms with E-state index in [1.54, 1.807) is 18.2 Å². The molecule has 172 valence electrons. The number of hydrogen-bond donors (Lipinski definition) is 0. The first-order chi connectivity index (χ1) is 15.2. The summed E-state index contributed by atoms with van der Waals surface area (Å²) >= 11 is 3.50. The lowest BCUT2D eigenvalue weighted by Gasteiger charge is -2.34. The van der Waals surface area contributed by atoms with Crippen LogP contribution in [-0.2, 0) is 21.2 Å². The Hall–Kier alpha value is -1.90. The third-order valence-corrected chi connectivity index (χ3v) is 8.67. The fraction of sp³-hybridized carbons (Fsp3) is 0.458. The van der Waals surface area contributed by atoms with Crippen molar-refractivity contribution < 1.29 is 17.9 Å². The fourth-order valence-electron chi connectivity index (χ4n) is 4.74. The number of benzene rings is 2. The molecule has 0 unspecified atom stereocenters. The largest absolute Gasteiger partial charge is 0.494 e. The Kier molecular flexibility index (Phi) is 6.66. The van der Waals surface area contributed by atoms with E-state index >= 15 is 0 Å². The molecule has 2 heterocycles. The quantitative estimate of drug-likeness (QED) is 0.580. The van der Waals surface area contributed by atoms with Crippen LogP contribution in [-0.4, -0.2) is 44.4 Å². The second-order valence-electron chi connectivity index (χ2n) is 8.60. The van der Waals surface area contributed by atoms with Crippen LogP contribution in [0.2, 0.25) is 0 Å². The molecule has 32 heavy (non-hydrogen) atoms. The Morgan fingerprint density at radius 3 is 2.72 bits per heavy atom. The van der Waals surface area contributed by atoms with Crippen molar-refractivity contribution in [1.82, 2.24) is 4.31 Å². The van der Waals surface area contributed by atoms with Gasteiger partial charge in [-0.1, -0.05) is 15.9 Å². The monoisotopic (exact) mass is 520 g/mol. The van der Waals surface area contributed by atoms with Crippen LogP contribution in [0.15, 0.2) is 45.8 Å². The minimum atomic E-state index is -3.69. The van der Waals surface area contributed by atoms with E-state index in [0.717, 1.165) is 27.7 Å². The topological polar surface area (TPSA) is 66.9 Å². The highest BCUT2D eigenvalue weighted by Crippen LogP contribution is 2.36. The number of aryl methyl sites for hydroxylation is 1. The van der Waals surface area contributed by atoms with Crippen molar-refractivity contribution in [3.63, 3.8) is 0 Å². The molecular formula is C24H29BrN2O4S. The maximum atomic E-state index is 13.5. The predicted octanol–water partition coefficient (Wildman–Crippen LogP) is 4.53. The van der Waals surface area contributed by atoms with E-state index in [2.05, 4.69) is 22.0 Å². The van der Waals surface area contributed by atoms with Gasteiger partial charge in [0.15, 0.2) is 0 Å². The van der Waals surface area contributed by atoms with Crippen LogP contribution in [0.5, 0.6) is 5.75 Å². The van der Waals surface area contributed by atoms with Gasteiger partial charge >= 0.3 is 0 Å². The van der Waals surface area contributed by atoms with E-state index in [-0.39, 0.29) is 29.3 Å². The second kappa shape index (κ2) is 9.15. The maximum Gasteiger partial charge on any atom is 0.243 e. The number of fused-ring (bicyclic) bond motifs is 1. The lowest BCUT2D eigenvalue weighted by molar-refractivity contribution is -0.123. The number of piperidine rings is 1. The molecule has 2 aliphatic heterocycles. The smallest absolute Gasteiger partial charge is 0.243 e. The van der Waals surface area contributed by atoms with Crippen molar-refractivity contribution in [3.8, 4) is 5.75 Å². The molecule has 0 N–H and O–H groups in total. The Morgan fingerprint density at radius 1 is 1.22 bits per heavy atom. The van der Waals surface area contributed by atoms with Crippen molar-refractivity contribution in [2.24, 2.45) is 5.92 Å². The summed E-state index contributed by atoms with van der Waals surface area (Å²) in [6.45, 7) is 6.95. The Morgan fingerprint density at radius 2 is 2.00 bits per heavy atom. The zero-order valence-electron chi connectivity index (χ0n) is 18.7. The van der Waals surface area contributed by atoms with Crippen LogP contribution in [0.4, 0.5) is 5.69 Å². The molecule has 4 rings (SSSR count). The van der Waals surface area contributed by atoms with Crippen LogP contribution < -0.4 is 9.64 Å². The zero-order valence-corrected chi connectivity index (χ0v) is 21.1. The van der Waals surface area contributed by atoms with E-state index in [1.807, 2.05) is 37.8 Å². The number of hydrogen-bond acceptors (Lipinski definition) is 4. The molecule has 2 aromatic carbocycles. The number of sulfonamides is 1. The Labute approximate surface area is 198 Å². The normalized spacial score (nSPS) is 21.4. The van der Waals surface area contributed by atoms with Gasteiger partial charge in [-0.05, 0) is 87.6 Å². The molecule has 0 saturated carbocycles. The summed E-state index contributed by atoms with van der Waals surface area (Å²) in [5, 5.41) is 0. The summed E-state index contributed by atoms with van der Waals surface area (Å²) in [4.78, 5) is 15.6.